The fourth-order valence-electron chi connectivity index (χ4n) is 1.79. The fraction of sp³-hybridized carbons (Fsp3) is 0.385. The number of carbonyl (C=O) groups is 2. The number of carbonyl (C=O) groups excluding carboxylic acids is 1. The number of rotatable bonds is 6. The highest BCUT2D eigenvalue weighted by atomic mass is 35.5. The molecule has 0 spiro atoms. The van der Waals surface area contributed by atoms with Crippen molar-refractivity contribution in [3.8, 4) is 11.5 Å². The summed E-state index contributed by atoms with van der Waals surface area (Å²) in [6.07, 6.45) is -1.31. The highest BCUT2D eigenvalue weighted by molar-refractivity contribution is 6.33. The molecule has 0 bridgehead atoms. The molecule has 7 nitrogen and oxygen atoms in total. The Morgan fingerprint density at radius 2 is 1.95 bits per heavy atom. The van der Waals surface area contributed by atoms with E-state index in [0.29, 0.717) is 17.1 Å². The van der Waals surface area contributed by atoms with Gasteiger partial charge in [-0.3, -0.25) is 0 Å². The van der Waals surface area contributed by atoms with Crippen molar-refractivity contribution in [2.45, 2.75) is 12.5 Å². The quantitative estimate of drug-likeness (QED) is 0.776. The Morgan fingerprint density at radius 3 is 2.43 bits per heavy atom. The lowest BCUT2D eigenvalue weighted by atomic mass is 10.1. The van der Waals surface area contributed by atoms with Gasteiger partial charge in [0, 0.05) is 6.42 Å². The summed E-state index contributed by atoms with van der Waals surface area (Å²) in [6.45, 7) is 0. The Morgan fingerprint density at radius 1 is 1.29 bits per heavy atom. The Balaban J connectivity index is 3.09. The van der Waals surface area contributed by atoms with Gasteiger partial charge < -0.3 is 24.6 Å². The van der Waals surface area contributed by atoms with Gasteiger partial charge in [0.2, 0.25) is 0 Å². The van der Waals surface area contributed by atoms with Gasteiger partial charge >= 0.3 is 12.1 Å². The first kappa shape index (κ1) is 16.9. The molecule has 1 unspecified atom stereocenters. The molecule has 1 amide bonds. The van der Waals surface area contributed by atoms with Crippen LogP contribution in [0.25, 0.3) is 0 Å². The number of hydrogen-bond donors (Lipinski definition) is 2. The molecule has 0 aromatic heterocycles. The van der Waals surface area contributed by atoms with E-state index < -0.39 is 18.1 Å². The monoisotopic (exact) mass is 317 g/mol. The summed E-state index contributed by atoms with van der Waals surface area (Å²) in [5.74, 6) is 0.0471. The lowest BCUT2D eigenvalue weighted by Crippen LogP contribution is -2.42. The number of hydrogen-bond acceptors (Lipinski definition) is 5. The summed E-state index contributed by atoms with van der Waals surface area (Å²) in [7, 11) is 4.08. The lowest BCUT2D eigenvalue weighted by Gasteiger charge is -2.17. The maximum Gasteiger partial charge on any atom is 0.405 e. The summed E-state index contributed by atoms with van der Waals surface area (Å²) in [6, 6.07) is 2.18. The van der Waals surface area contributed by atoms with E-state index in [0.717, 1.165) is 0 Å². The lowest BCUT2D eigenvalue weighted by molar-refractivity contribution is -0.142. The van der Waals surface area contributed by atoms with Gasteiger partial charge in [-0.15, -0.1) is 0 Å². The summed E-state index contributed by atoms with van der Waals surface area (Å²) >= 11 is 6.19. The van der Waals surface area contributed by atoms with Crippen LogP contribution in [-0.4, -0.2) is 44.5 Å². The highest BCUT2D eigenvalue weighted by Gasteiger charge is 2.24. The maximum absolute atomic E-state index is 11.6. The van der Waals surface area contributed by atoms with E-state index in [4.69, 9.17) is 26.2 Å². The summed E-state index contributed by atoms with van der Waals surface area (Å²) in [5, 5.41) is 11.1. The second-order valence-electron chi connectivity index (χ2n) is 4.00. The first-order valence-corrected chi connectivity index (χ1v) is 6.29. The molecule has 0 aliphatic rings. The number of esters is 1. The van der Waals surface area contributed by atoms with Crippen LogP contribution >= 0.6 is 11.6 Å². The number of amides is 1. The number of halogens is 1. The average Bonchev–Trinajstić information content (AvgIpc) is 2.46. The van der Waals surface area contributed by atoms with Crippen LogP contribution in [0.4, 0.5) is 4.79 Å². The van der Waals surface area contributed by atoms with Crippen LogP contribution in [0.5, 0.6) is 11.5 Å². The Kier molecular flexibility index (Phi) is 6.10. The molecule has 0 saturated heterocycles. The number of methoxy groups -OCH3 is 3. The molecule has 1 aromatic rings. The van der Waals surface area contributed by atoms with Gasteiger partial charge in [-0.25, -0.2) is 9.59 Å². The van der Waals surface area contributed by atoms with E-state index in [2.05, 4.69) is 10.1 Å². The molecule has 8 heteroatoms. The van der Waals surface area contributed by atoms with Crippen LogP contribution in [0.1, 0.15) is 5.56 Å². The summed E-state index contributed by atoms with van der Waals surface area (Å²) in [5.41, 5.74) is 0.526. The molecule has 0 fully saturated rings. The second-order valence-corrected chi connectivity index (χ2v) is 4.38. The number of benzene rings is 1. The van der Waals surface area contributed by atoms with Crippen molar-refractivity contribution in [1.82, 2.24) is 5.32 Å². The van der Waals surface area contributed by atoms with Gasteiger partial charge in [0.25, 0.3) is 0 Å². The summed E-state index contributed by atoms with van der Waals surface area (Å²) in [4.78, 5) is 22.3. The minimum Gasteiger partial charge on any atom is -0.493 e. The minimum absolute atomic E-state index is 0.0260. The van der Waals surface area contributed by atoms with Gasteiger partial charge in [0.1, 0.15) is 6.04 Å². The van der Waals surface area contributed by atoms with Gasteiger partial charge in [0.15, 0.2) is 11.5 Å². The van der Waals surface area contributed by atoms with Crippen LogP contribution in [0.15, 0.2) is 12.1 Å². The molecule has 0 aliphatic carbocycles. The molecular formula is C13H16ClNO6. The SMILES string of the molecule is COC(=O)C(Cc1ccc(OC)c(OC)c1Cl)NC(=O)O. The third-order valence-corrected chi connectivity index (χ3v) is 3.19. The molecule has 0 aliphatic heterocycles. The topological polar surface area (TPSA) is 94.1 Å². The van der Waals surface area contributed by atoms with Gasteiger partial charge in [-0.1, -0.05) is 17.7 Å². The largest absolute Gasteiger partial charge is 0.493 e. The highest BCUT2D eigenvalue weighted by Crippen LogP contribution is 2.37. The van der Waals surface area contributed by atoms with Crippen molar-refractivity contribution < 1.29 is 28.9 Å². The Bertz CT molecular complexity index is 534. The van der Waals surface area contributed by atoms with E-state index >= 15 is 0 Å². The molecule has 0 heterocycles. The molecule has 116 valence electrons. The molecule has 0 radical (unpaired) electrons. The molecule has 2 N–H and O–H groups in total. The van der Waals surface area contributed by atoms with Crippen LogP contribution in [0.3, 0.4) is 0 Å². The number of nitrogens with one attached hydrogen (secondary N) is 1. The van der Waals surface area contributed by atoms with Crippen LogP contribution in [0, 0.1) is 0 Å². The van der Waals surface area contributed by atoms with E-state index in [-0.39, 0.29) is 11.4 Å². The first-order chi connectivity index (χ1) is 9.94. The molecular weight excluding hydrogens is 302 g/mol. The first-order valence-electron chi connectivity index (χ1n) is 5.91. The van der Waals surface area contributed by atoms with E-state index in [9.17, 15) is 9.59 Å². The van der Waals surface area contributed by atoms with Gasteiger partial charge in [-0.05, 0) is 11.6 Å². The second kappa shape index (κ2) is 7.58. The van der Waals surface area contributed by atoms with E-state index in [1.54, 1.807) is 12.1 Å². The van der Waals surface area contributed by atoms with Crippen molar-refractivity contribution in [1.29, 1.82) is 0 Å². The predicted octanol–water partition coefficient (Wildman–Crippen LogP) is 1.71. The molecule has 1 rings (SSSR count). The maximum atomic E-state index is 11.6. The molecule has 1 atom stereocenters. The third-order valence-electron chi connectivity index (χ3n) is 2.77. The predicted molar refractivity (Wildman–Crippen MR) is 75.2 cm³/mol. The van der Waals surface area contributed by atoms with Gasteiger partial charge in [0.05, 0.1) is 26.4 Å². The number of ether oxygens (including phenoxy) is 3. The van der Waals surface area contributed by atoms with Crippen molar-refractivity contribution in [3.63, 3.8) is 0 Å². The zero-order valence-electron chi connectivity index (χ0n) is 11.8. The van der Waals surface area contributed by atoms with Gasteiger partial charge in [-0.2, -0.15) is 0 Å². The fourth-order valence-corrected chi connectivity index (χ4v) is 2.10. The van der Waals surface area contributed by atoms with Crippen molar-refractivity contribution in [2.24, 2.45) is 0 Å². The zero-order valence-corrected chi connectivity index (χ0v) is 12.6. The summed E-state index contributed by atoms with van der Waals surface area (Å²) < 4.78 is 14.8. The normalized spacial score (nSPS) is 11.4. The van der Waals surface area contributed by atoms with Crippen molar-refractivity contribution in [3.05, 3.63) is 22.7 Å². The average molecular weight is 318 g/mol. The third kappa shape index (κ3) is 4.16. The van der Waals surface area contributed by atoms with Crippen LogP contribution < -0.4 is 14.8 Å². The number of carboxylic acid groups (broad SMARTS) is 1. The zero-order chi connectivity index (χ0) is 16.0. The minimum atomic E-state index is -1.33. The van der Waals surface area contributed by atoms with E-state index in [1.165, 1.54) is 21.3 Å². The van der Waals surface area contributed by atoms with Crippen molar-refractivity contribution in [2.75, 3.05) is 21.3 Å². The van der Waals surface area contributed by atoms with Crippen LogP contribution in [-0.2, 0) is 16.0 Å². The van der Waals surface area contributed by atoms with Crippen molar-refractivity contribution >= 4 is 23.7 Å². The van der Waals surface area contributed by atoms with E-state index in [1.807, 2.05) is 0 Å². The molecule has 21 heavy (non-hydrogen) atoms. The Hall–Kier alpha value is -2.15. The standard InChI is InChI=1S/C13H16ClNO6/c1-19-9-5-4-7(10(14)11(9)20-2)6-8(12(16)21-3)15-13(17)18/h4-5,8,15H,6H2,1-3H3,(H,17,18). The smallest absolute Gasteiger partial charge is 0.405 e. The molecule has 0 saturated carbocycles. The van der Waals surface area contributed by atoms with Crippen LogP contribution in [0.2, 0.25) is 5.02 Å². The Labute approximate surface area is 126 Å². The molecule has 1 aromatic carbocycles.